The van der Waals surface area contributed by atoms with Crippen LogP contribution in [0.4, 0.5) is 0 Å². The fraction of sp³-hybridized carbons (Fsp3) is 0.182. The molecule has 0 atom stereocenters. The van der Waals surface area contributed by atoms with Crippen LogP contribution in [0.2, 0.25) is 0 Å². The monoisotopic (exact) mass is 285 g/mol. The molecule has 1 rings (SSSR count). The second-order valence-electron chi connectivity index (χ2n) is 2.90. The average molecular weight is 287 g/mol. The van der Waals surface area contributed by atoms with Crippen molar-refractivity contribution in [1.82, 2.24) is 0 Å². The Labute approximate surface area is 102 Å². The van der Waals surface area contributed by atoms with Crippen molar-refractivity contribution in [3.8, 4) is 11.8 Å². The first-order valence-corrected chi connectivity index (χ1v) is 5.37. The molecule has 0 aliphatic carbocycles. The van der Waals surface area contributed by atoms with Crippen LogP contribution in [0.15, 0.2) is 28.2 Å². The van der Waals surface area contributed by atoms with E-state index in [0.29, 0.717) is 21.9 Å². The minimum Gasteiger partial charge on any atom is -0.496 e. The van der Waals surface area contributed by atoms with Crippen molar-refractivity contribution >= 4 is 32.6 Å². The summed E-state index contributed by atoms with van der Waals surface area (Å²) < 4.78 is 6.06. The average Bonchev–Trinajstić information content (AvgIpc) is 2.27. The Morgan fingerprint density at radius 1 is 1.53 bits per heavy atom. The van der Waals surface area contributed by atoms with Gasteiger partial charge in [0.25, 0.3) is 0 Å². The molecule has 78 valence electrons. The van der Waals surface area contributed by atoms with Gasteiger partial charge in [-0.1, -0.05) is 27.5 Å². The number of nitriles is 1. The molecule has 0 saturated heterocycles. The summed E-state index contributed by atoms with van der Waals surface area (Å²) in [5, 5.41) is 9.17. The molecule has 0 N–H and O–H groups in total. The largest absolute Gasteiger partial charge is 0.496 e. The molecule has 0 aliphatic heterocycles. The van der Waals surface area contributed by atoms with E-state index in [9.17, 15) is 0 Å². The summed E-state index contributed by atoms with van der Waals surface area (Å²) in [5.41, 5.74) is 1.18. The maximum absolute atomic E-state index is 8.75. The van der Waals surface area contributed by atoms with Gasteiger partial charge in [-0.2, -0.15) is 5.26 Å². The summed E-state index contributed by atoms with van der Waals surface area (Å²) in [6, 6.07) is 7.49. The number of rotatable bonds is 2. The Bertz CT molecular complexity index is 448. The zero-order chi connectivity index (χ0) is 11.4. The summed E-state index contributed by atoms with van der Waals surface area (Å²) in [5.74, 6) is 0.651. The predicted octanol–water partition coefficient (Wildman–Crippen LogP) is 3.95. The quantitative estimate of drug-likeness (QED) is 0.771. The smallest absolute Gasteiger partial charge is 0.127 e. The highest BCUT2D eigenvalue weighted by Gasteiger charge is 2.09. The van der Waals surface area contributed by atoms with E-state index in [0.717, 1.165) is 4.47 Å². The first-order valence-electron chi connectivity index (χ1n) is 4.20. The van der Waals surface area contributed by atoms with E-state index in [2.05, 4.69) is 15.9 Å². The SMILES string of the molecule is COc1ccc(Br)cc1/C(Cl)=C(/C)C#N. The maximum Gasteiger partial charge on any atom is 0.127 e. The molecule has 0 saturated carbocycles. The lowest BCUT2D eigenvalue weighted by atomic mass is 10.1. The van der Waals surface area contributed by atoms with Crippen molar-refractivity contribution in [2.24, 2.45) is 0 Å². The van der Waals surface area contributed by atoms with Crippen molar-refractivity contribution in [3.05, 3.63) is 33.8 Å². The standard InChI is InChI=1S/C11H9BrClNO/c1-7(6-14)11(13)9-5-8(12)3-4-10(9)15-2/h3-5H,1-2H3/b11-7+. The van der Waals surface area contributed by atoms with Gasteiger partial charge < -0.3 is 4.74 Å². The van der Waals surface area contributed by atoms with Crippen molar-refractivity contribution in [1.29, 1.82) is 5.26 Å². The third-order valence-corrected chi connectivity index (χ3v) is 2.88. The first kappa shape index (κ1) is 12.1. The molecule has 0 heterocycles. The molecule has 0 bridgehead atoms. The number of hydrogen-bond acceptors (Lipinski definition) is 2. The number of ether oxygens (including phenoxy) is 1. The molecule has 1 aromatic rings. The van der Waals surface area contributed by atoms with Gasteiger partial charge in [0, 0.05) is 15.6 Å². The summed E-state index contributed by atoms with van der Waals surface area (Å²) in [7, 11) is 1.57. The summed E-state index contributed by atoms with van der Waals surface area (Å²) >= 11 is 9.41. The van der Waals surface area contributed by atoms with Crippen LogP contribution in [0, 0.1) is 11.3 Å². The van der Waals surface area contributed by atoms with Gasteiger partial charge in [-0.3, -0.25) is 0 Å². The maximum atomic E-state index is 8.75. The fourth-order valence-corrected chi connectivity index (χ4v) is 1.65. The molecule has 0 radical (unpaired) electrons. The minimum absolute atomic E-state index is 0.413. The lowest BCUT2D eigenvalue weighted by Gasteiger charge is -2.08. The number of benzene rings is 1. The van der Waals surface area contributed by atoms with Gasteiger partial charge in [0.15, 0.2) is 0 Å². The number of halogens is 2. The number of allylic oxidation sites excluding steroid dienone is 1. The fourth-order valence-electron chi connectivity index (χ4n) is 1.10. The number of nitrogens with zero attached hydrogens (tertiary/aromatic N) is 1. The molecular weight excluding hydrogens is 277 g/mol. The van der Waals surface area contributed by atoms with Crippen LogP contribution in [0.5, 0.6) is 5.75 Å². The van der Waals surface area contributed by atoms with E-state index >= 15 is 0 Å². The van der Waals surface area contributed by atoms with Crippen LogP contribution >= 0.6 is 27.5 Å². The van der Waals surface area contributed by atoms with Crippen molar-refractivity contribution in [3.63, 3.8) is 0 Å². The molecule has 15 heavy (non-hydrogen) atoms. The van der Waals surface area contributed by atoms with E-state index in [-0.39, 0.29) is 0 Å². The van der Waals surface area contributed by atoms with Crippen LogP contribution in [-0.2, 0) is 0 Å². The van der Waals surface area contributed by atoms with E-state index in [1.165, 1.54) is 0 Å². The number of hydrogen-bond donors (Lipinski definition) is 0. The third-order valence-electron chi connectivity index (χ3n) is 1.89. The number of methoxy groups -OCH3 is 1. The van der Waals surface area contributed by atoms with Crippen LogP contribution in [0.25, 0.3) is 5.03 Å². The Hall–Kier alpha value is -0.980. The van der Waals surface area contributed by atoms with E-state index in [1.54, 1.807) is 20.1 Å². The minimum atomic E-state index is 0.413. The summed E-state index contributed by atoms with van der Waals surface area (Å²) in [6.45, 7) is 1.67. The molecule has 0 fully saturated rings. The van der Waals surface area contributed by atoms with Crippen LogP contribution < -0.4 is 4.74 Å². The topological polar surface area (TPSA) is 33.0 Å². The first-order chi connectivity index (χ1) is 7.10. The van der Waals surface area contributed by atoms with Gasteiger partial charge in [0.05, 0.1) is 18.2 Å². The second kappa shape index (κ2) is 5.20. The molecule has 0 aliphatic rings. The molecule has 2 nitrogen and oxygen atoms in total. The van der Waals surface area contributed by atoms with Gasteiger partial charge in [-0.25, -0.2) is 0 Å². The van der Waals surface area contributed by atoms with E-state index < -0.39 is 0 Å². The molecule has 0 unspecified atom stereocenters. The molecule has 0 spiro atoms. The molecule has 0 amide bonds. The predicted molar refractivity (Wildman–Crippen MR) is 64.8 cm³/mol. The van der Waals surface area contributed by atoms with Gasteiger partial charge in [-0.15, -0.1) is 0 Å². The van der Waals surface area contributed by atoms with Crippen LogP contribution in [0.3, 0.4) is 0 Å². The zero-order valence-electron chi connectivity index (χ0n) is 8.34. The summed E-state index contributed by atoms with van der Waals surface area (Å²) in [4.78, 5) is 0. The highest BCUT2D eigenvalue weighted by atomic mass is 79.9. The van der Waals surface area contributed by atoms with Gasteiger partial charge >= 0.3 is 0 Å². The zero-order valence-corrected chi connectivity index (χ0v) is 10.7. The van der Waals surface area contributed by atoms with E-state index in [1.807, 2.05) is 18.2 Å². The molecule has 4 heteroatoms. The van der Waals surface area contributed by atoms with Crippen molar-refractivity contribution in [2.75, 3.05) is 7.11 Å². The van der Waals surface area contributed by atoms with Gasteiger partial charge in [-0.05, 0) is 25.1 Å². The Morgan fingerprint density at radius 3 is 2.73 bits per heavy atom. The van der Waals surface area contributed by atoms with E-state index in [4.69, 9.17) is 21.6 Å². The molecule has 0 aromatic heterocycles. The Balaban J connectivity index is 3.37. The normalized spacial score (nSPS) is 11.7. The highest BCUT2D eigenvalue weighted by molar-refractivity contribution is 9.10. The summed E-state index contributed by atoms with van der Waals surface area (Å²) in [6.07, 6.45) is 0. The third kappa shape index (κ3) is 2.74. The lowest BCUT2D eigenvalue weighted by molar-refractivity contribution is 0.413. The van der Waals surface area contributed by atoms with Crippen molar-refractivity contribution < 1.29 is 4.74 Å². The van der Waals surface area contributed by atoms with Crippen molar-refractivity contribution in [2.45, 2.75) is 6.92 Å². The lowest BCUT2D eigenvalue weighted by Crippen LogP contribution is -1.90. The molecular formula is C11H9BrClNO. The Morgan fingerprint density at radius 2 is 2.20 bits per heavy atom. The Kier molecular flexibility index (Phi) is 4.19. The van der Waals surface area contributed by atoms with Gasteiger partial charge in [0.1, 0.15) is 5.75 Å². The van der Waals surface area contributed by atoms with Crippen LogP contribution in [0.1, 0.15) is 12.5 Å². The highest BCUT2D eigenvalue weighted by Crippen LogP contribution is 2.33. The van der Waals surface area contributed by atoms with Crippen LogP contribution in [-0.4, -0.2) is 7.11 Å². The second-order valence-corrected chi connectivity index (χ2v) is 4.19. The van der Waals surface area contributed by atoms with Gasteiger partial charge in [0.2, 0.25) is 0 Å². The molecule has 1 aromatic carbocycles.